The third-order valence-electron chi connectivity index (χ3n) is 3.86. The van der Waals surface area contributed by atoms with Crippen molar-refractivity contribution in [1.29, 1.82) is 0 Å². The Kier molecular flexibility index (Phi) is 4.75. The Morgan fingerprint density at radius 1 is 1.24 bits per heavy atom. The molecule has 2 rings (SSSR count). The van der Waals surface area contributed by atoms with Gasteiger partial charge in [-0.2, -0.15) is 0 Å². The lowest BCUT2D eigenvalue weighted by atomic mass is 9.93. The summed E-state index contributed by atoms with van der Waals surface area (Å²) in [6.45, 7) is 0. The molecule has 0 bridgehead atoms. The molecule has 1 aliphatic carbocycles. The van der Waals surface area contributed by atoms with Crippen LogP contribution in [0.3, 0.4) is 0 Å². The van der Waals surface area contributed by atoms with E-state index in [1.54, 1.807) is 12.1 Å². The van der Waals surface area contributed by atoms with Gasteiger partial charge in [0.2, 0.25) is 10.0 Å². The summed E-state index contributed by atoms with van der Waals surface area (Å²) in [6.07, 6.45) is 3.00. The molecule has 4 N–H and O–H groups in total. The lowest BCUT2D eigenvalue weighted by Gasteiger charge is -2.27. The van der Waals surface area contributed by atoms with Crippen LogP contribution in [0.5, 0.6) is 0 Å². The maximum Gasteiger partial charge on any atom is 0.242 e. The predicted octanol–water partition coefficient (Wildman–Crippen LogP) is 1.23. The van der Waals surface area contributed by atoms with Crippen molar-refractivity contribution in [2.24, 2.45) is 0 Å². The Morgan fingerprint density at radius 2 is 1.86 bits per heavy atom. The van der Waals surface area contributed by atoms with Crippen LogP contribution < -0.4 is 11.1 Å². The highest BCUT2D eigenvalue weighted by atomic mass is 32.2. The summed E-state index contributed by atoms with van der Waals surface area (Å²) in [5, 5.41) is 12.8. The van der Waals surface area contributed by atoms with Crippen molar-refractivity contribution in [3.8, 4) is 0 Å². The minimum atomic E-state index is -3.47. The second-order valence-electron chi connectivity index (χ2n) is 5.69. The highest BCUT2D eigenvalue weighted by Crippen LogP contribution is 2.28. The molecule has 1 fully saturated rings. The number of aliphatic hydroxyl groups is 1. The van der Waals surface area contributed by atoms with Gasteiger partial charge in [0, 0.05) is 20.1 Å². The number of hydrogen-bond acceptors (Lipinski definition) is 5. The third kappa shape index (κ3) is 3.66. The number of nitrogens with one attached hydrogen (secondary N) is 1. The molecule has 0 aliphatic heterocycles. The lowest BCUT2D eigenvalue weighted by molar-refractivity contribution is 0.126. The first-order chi connectivity index (χ1) is 9.80. The van der Waals surface area contributed by atoms with Gasteiger partial charge in [-0.3, -0.25) is 0 Å². The molecule has 1 saturated carbocycles. The van der Waals surface area contributed by atoms with Gasteiger partial charge in [-0.25, -0.2) is 12.7 Å². The zero-order chi connectivity index (χ0) is 15.6. The first-order valence-corrected chi connectivity index (χ1v) is 8.51. The third-order valence-corrected chi connectivity index (χ3v) is 5.67. The number of nitrogen functional groups attached to an aromatic ring is 1. The maximum absolute atomic E-state index is 12.2. The number of rotatable bonds is 4. The Morgan fingerprint density at radius 3 is 2.43 bits per heavy atom. The number of nitrogens with two attached hydrogens (primary N) is 1. The molecule has 0 heterocycles. The first-order valence-electron chi connectivity index (χ1n) is 7.07. The van der Waals surface area contributed by atoms with Crippen molar-refractivity contribution in [1.82, 2.24) is 4.31 Å². The van der Waals surface area contributed by atoms with E-state index in [9.17, 15) is 13.5 Å². The summed E-state index contributed by atoms with van der Waals surface area (Å²) in [5.41, 5.74) is 7.10. The van der Waals surface area contributed by atoms with Crippen LogP contribution in [0.2, 0.25) is 0 Å². The summed E-state index contributed by atoms with van der Waals surface area (Å²) in [4.78, 5) is 0.222. The minimum absolute atomic E-state index is 0.216. The van der Waals surface area contributed by atoms with Gasteiger partial charge in [-0.05, 0) is 43.9 Å². The molecule has 1 aromatic carbocycles. The molecule has 0 spiro atoms. The van der Waals surface area contributed by atoms with E-state index in [0.29, 0.717) is 11.4 Å². The van der Waals surface area contributed by atoms with Crippen molar-refractivity contribution in [2.75, 3.05) is 25.1 Å². The van der Waals surface area contributed by atoms with Crippen LogP contribution in [-0.2, 0) is 10.0 Å². The maximum atomic E-state index is 12.2. The Bertz CT molecular complexity index is 593. The van der Waals surface area contributed by atoms with Crippen molar-refractivity contribution in [3.63, 3.8) is 0 Å². The van der Waals surface area contributed by atoms with Crippen LogP contribution in [0.1, 0.15) is 25.7 Å². The van der Waals surface area contributed by atoms with Crippen molar-refractivity contribution < 1.29 is 13.5 Å². The van der Waals surface area contributed by atoms with Gasteiger partial charge in [-0.15, -0.1) is 0 Å². The molecule has 0 saturated heterocycles. The number of nitrogens with zero attached hydrogens (tertiary/aromatic N) is 1. The summed E-state index contributed by atoms with van der Waals surface area (Å²) in [7, 11) is -0.465. The standard InChI is InChI=1S/C14H23N3O3S/c1-17(2)21(19,20)12-7-8-13(15)14(9-12)16-10-3-5-11(18)6-4-10/h7-11,16,18H,3-6,15H2,1-2H3. The average Bonchev–Trinajstić information content (AvgIpc) is 2.43. The molecule has 0 radical (unpaired) electrons. The smallest absolute Gasteiger partial charge is 0.242 e. The van der Waals surface area contributed by atoms with Gasteiger partial charge in [0.1, 0.15) is 0 Å². The van der Waals surface area contributed by atoms with E-state index in [-0.39, 0.29) is 17.0 Å². The number of anilines is 2. The number of hydrogen-bond donors (Lipinski definition) is 3. The highest BCUT2D eigenvalue weighted by Gasteiger charge is 2.22. The molecule has 6 nitrogen and oxygen atoms in total. The van der Waals surface area contributed by atoms with Crippen LogP contribution >= 0.6 is 0 Å². The van der Waals surface area contributed by atoms with E-state index < -0.39 is 10.0 Å². The van der Waals surface area contributed by atoms with Gasteiger partial charge < -0.3 is 16.2 Å². The quantitative estimate of drug-likeness (QED) is 0.727. The zero-order valence-corrected chi connectivity index (χ0v) is 13.2. The normalized spacial score (nSPS) is 23.2. The molecule has 0 atom stereocenters. The number of sulfonamides is 1. The Labute approximate surface area is 126 Å². The van der Waals surface area contributed by atoms with Gasteiger partial charge >= 0.3 is 0 Å². The van der Waals surface area contributed by atoms with Crippen LogP contribution in [0, 0.1) is 0 Å². The monoisotopic (exact) mass is 313 g/mol. The fraction of sp³-hybridized carbons (Fsp3) is 0.571. The molecule has 118 valence electrons. The molecule has 0 amide bonds. The van der Waals surface area contributed by atoms with Crippen LogP contribution in [-0.4, -0.2) is 44.1 Å². The zero-order valence-electron chi connectivity index (χ0n) is 12.4. The first kappa shape index (κ1) is 16.1. The van der Waals surface area contributed by atoms with Crippen LogP contribution in [0.4, 0.5) is 11.4 Å². The van der Waals surface area contributed by atoms with Gasteiger partial charge in [-0.1, -0.05) is 0 Å². The SMILES string of the molecule is CN(C)S(=O)(=O)c1ccc(N)c(NC2CCC(O)CC2)c1. The lowest BCUT2D eigenvalue weighted by Crippen LogP contribution is -2.28. The largest absolute Gasteiger partial charge is 0.397 e. The predicted molar refractivity (Wildman–Crippen MR) is 83.6 cm³/mol. The number of benzene rings is 1. The molecule has 21 heavy (non-hydrogen) atoms. The van der Waals surface area contributed by atoms with Gasteiger partial charge in [0.15, 0.2) is 0 Å². The molecule has 7 heteroatoms. The summed E-state index contributed by atoms with van der Waals surface area (Å²) < 4.78 is 25.5. The second-order valence-corrected chi connectivity index (χ2v) is 7.84. The Balaban J connectivity index is 2.20. The van der Waals surface area contributed by atoms with E-state index in [1.165, 1.54) is 24.5 Å². The molecular formula is C14H23N3O3S. The van der Waals surface area contributed by atoms with E-state index in [1.807, 2.05) is 0 Å². The van der Waals surface area contributed by atoms with Crippen LogP contribution in [0.25, 0.3) is 0 Å². The van der Waals surface area contributed by atoms with Gasteiger partial charge in [0.25, 0.3) is 0 Å². The number of aliphatic hydroxyl groups excluding tert-OH is 1. The molecular weight excluding hydrogens is 290 g/mol. The van der Waals surface area contributed by atoms with E-state index in [2.05, 4.69) is 5.32 Å². The topological polar surface area (TPSA) is 95.7 Å². The highest BCUT2D eigenvalue weighted by molar-refractivity contribution is 7.89. The average molecular weight is 313 g/mol. The minimum Gasteiger partial charge on any atom is -0.397 e. The van der Waals surface area contributed by atoms with Crippen molar-refractivity contribution in [2.45, 2.75) is 42.7 Å². The van der Waals surface area contributed by atoms with Gasteiger partial charge in [0.05, 0.1) is 22.4 Å². The van der Waals surface area contributed by atoms with E-state index in [4.69, 9.17) is 5.73 Å². The summed E-state index contributed by atoms with van der Waals surface area (Å²) in [6, 6.07) is 4.92. The van der Waals surface area contributed by atoms with E-state index in [0.717, 1.165) is 25.7 Å². The summed E-state index contributed by atoms with van der Waals surface area (Å²) >= 11 is 0. The second kappa shape index (κ2) is 6.21. The molecule has 1 aromatic rings. The fourth-order valence-corrected chi connectivity index (χ4v) is 3.40. The molecule has 1 aliphatic rings. The fourth-order valence-electron chi connectivity index (χ4n) is 2.47. The Hall–Kier alpha value is -1.31. The molecule has 0 aromatic heterocycles. The van der Waals surface area contributed by atoms with Crippen molar-refractivity contribution >= 4 is 21.4 Å². The molecule has 0 unspecified atom stereocenters. The van der Waals surface area contributed by atoms with Crippen LogP contribution in [0.15, 0.2) is 23.1 Å². The van der Waals surface area contributed by atoms with E-state index >= 15 is 0 Å². The summed E-state index contributed by atoms with van der Waals surface area (Å²) in [5.74, 6) is 0. The van der Waals surface area contributed by atoms with Crippen molar-refractivity contribution in [3.05, 3.63) is 18.2 Å².